The molecule has 0 bridgehead atoms. The van der Waals surface area contributed by atoms with E-state index in [9.17, 15) is 0 Å². The number of hydrogen-bond donors (Lipinski definition) is 1. The van der Waals surface area contributed by atoms with Crippen LogP contribution in [0.4, 0.5) is 0 Å². The summed E-state index contributed by atoms with van der Waals surface area (Å²) in [6.07, 6.45) is 4.08. The first-order valence-corrected chi connectivity index (χ1v) is 7.62. The van der Waals surface area contributed by atoms with E-state index < -0.39 is 0 Å². The Morgan fingerprint density at radius 1 is 1.25 bits per heavy atom. The molecule has 2 N–H and O–H groups in total. The zero-order valence-corrected chi connectivity index (χ0v) is 13.3. The van der Waals surface area contributed by atoms with Crippen LogP contribution in [0.5, 0.6) is 11.5 Å². The molecule has 0 spiro atoms. The van der Waals surface area contributed by atoms with E-state index in [1.54, 1.807) is 7.11 Å². The molecule has 3 nitrogen and oxygen atoms in total. The Morgan fingerprint density at radius 2 is 2.00 bits per heavy atom. The van der Waals surface area contributed by atoms with Crippen LogP contribution < -0.4 is 15.2 Å². The van der Waals surface area contributed by atoms with Gasteiger partial charge in [0.25, 0.3) is 0 Å². The van der Waals surface area contributed by atoms with Crippen LogP contribution in [0, 0.1) is 5.92 Å². The fourth-order valence-corrected chi connectivity index (χ4v) is 2.07. The second-order valence-corrected chi connectivity index (χ2v) is 5.73. The van der Waals surface area contributed by atoms with Gasteiger partial charge in [0.2, 0.25) is 0 Å². The Labute approximate surface area is 123 Å². The summed E-state index contributed by atoms with van der Waals surface area (Å²) in [5.41, 5.74) is 7.22. The quantitative estimate of drug-likeness (QED) is 0.699. The minimum atomic E-state index is 0.182. The normalized spacial score (nSPS) is 12.5. The summed E-state index contributed by atoms with van der Waals surface area (Å²) in [6, 6.07) is 6.18. The molecular formula is C17H29NO2. The molecule has 1 aromatic carbocycles. The highest BCUT2D eigenvalue weighted by Crippen LogP contribution is 2.26. The third-order valence-corrected chi connectivity index (χ3v) is 3.46. The van der Waals surface area contributed by atoms with Gasteiger partial charge in [-0.15, -0.1) is 0 Å². The molecular weight excluding hydrogens is 250 g/mol. The number of ether oxygens (including phenoxy) is 2. The second-order valence-electron chi connectivity index (χ2n) is 5.73. The van der Waals surface area contributed by atoms with E-state index in [0.29, 0.717) is 0 Å². The predicted molar refractivity (Wildman–Crippen MR) is 84.5 cm³/mol. The van der Waals surface area contributed by atoms with E-state index in [2.05, 4.69) is 26.8 Å². The van der Waals surface area contributed by atoms with E-state index in [-0.39, 0.29) is 6.04 Å². The topological polar surface area (TPSA) is 44.5 Å². The lowest BCUT2D eigenvalue weighted by atomic mass is 10.0. The van der Waals surface area contributed by atoms with E-state index in [4.69, 9.17) is 15.2 Å². The fourth-order valence-electron chi connectivity index (χ4n) is 2.07. The molecule has 0 radical (unpaired) electrons. The summed E-state index contributed by atoms with van der Waals surface area (Å²) in [7, 11) is 1.68. The molecule has 1 rings (SSSR count). The van der Waals surface area contributed by atoms with Crippen LogP contribution in [0.3, 0.4) is 0 Å². The van der Waals surface area contributed by atoms with Crippen LogP contribution in [0.2, 0.25) is 0 Å². The summed E-state index contributed by atoms with van der Waals surface area (Å²) in [6.45, 7) is 7.32. The lowest BCUT2D eigenvalue weighted by Gasteiger charge is -2.16. The lowest BCUT2D eigenvalue weighted by Crippen LogP contribution is -2.21. The van der Waals surface area contributed by atoms with Crippen LogP contribution in [0.25, 0.3) is 0 Å². The molecule has 1 aromatic rings. The first kappa shape index (κ1) is 16.8. The first-order chi connectivity index (χ1) is 9.56. The van der Waals surface area contributed by atoms with Gasteiger partial charge in [0.05, 0.1) is 13.7 Å². The monoisotopic (exact) mass is 279 g/mol. The molecule has 0 aliphatic carbocycles. The third-order valence-electron chi connectivity index (χ3n) is 3.46. The molecule has 0 amide bonds. The van der Waals surface area contributed by atoms with Gasteiger partial charge in [0, 0.05) is 12.1 Å². The maximum atomic E-state index is 6.05. The maximum absolute atomic E-state index is 6.05. The minimum absolute atomic E-state index is 0.182. The van der Waals surface area contributed by atoms with Crippen molar-refractivity contribution in [1.82, 2.24) is 0 Å². The molecule has 0 aromatic heterocycles. The van der Waals surface area contributed by atoms with Crippen molar-refractivity contribution >= 4 is 0 Å². The highest BCUT2D eigenvalue weighted by atomic mass is 16.5. The summed E-state index contributed by atoms with van der Waals surface area (Å²) in [4.78, 5) is 0. The number of methoxy groups -OCH3 is 1. The molecule has 0 aliphatic rings. The summed E-state index contributed by atoms with van der Waals surface area (Å²) < 4.78 is 11.2. The highest BCUT2D eigenvalue weighted by molar-refractivity contribution is 5.41. The number of rotatable bonds is 9. The largest absolute Gasteiger partial charge is 0.497 e. The van der Waals surface area contributed by atoms with Crippen LogP contribution in [-0.2, 0) is 6.42 Å². The first-order valence-electron chi connectivity index (χ1n) is 7.62. The van der Waals surface area contributed by atoms with Gasteiger partial charge in [0.15, 0.2) is 0 Å². The van der Waals surface area contributed by atoms with Gasteiger partial charge in [-0.05, 0) is 43.2 Å². The average molecular weight is 279 g/mol. The van der Waals surface area contributed by atoms with Crippen molar-refractivity contribution in [3.8, 4) is 11.5 Å². The van der Waals surface area contributed by atoms with Gasteiger partial charge in [-0.25, -0.2) is 0 Å². The number of hydrogen-bond acceptors (Lipinski definition) is 3. The molecule has 0 fully saturated rings. The number of nitrogens with two attached hydrogens (primary N) is 1. The van der Waals surface area contributed by atoms with Crippen molar-refractivity contribution in [2.24, 2.45) is 11.7 Å². The van der Waals surface area contributed by atoms with E-state index in [1.807, 2.05) is 12.1 Å². The van der Waals surface area contributed by atoms with Gasteiger partial charge in [0.1, 0.15) is 11.5 Å². The third kappa shape index (κ3) is 5.83. The summed E-state index contributed by atoms with van der Waals surface area (Å²) >= 11 is 0. The van der Waals surface area contributed by atoms with Crippen molar-refractivity contribution in [3.63, 3.8) is 0 Å². The van der Waals surface area contributed by atoms with Crippen LogP contribution >= 0.6 is 0 Å². The van der Waals surface area contributed by atoms with E-state index in [1.165, 1.54) is 12.0 Å². The minimum Gasteiger partial charge on any atom is -0.497 e. The van der Waals surface area contributed by atoms with Crippen molar-refractivity contribution in [3.05, 3.63) is 23.8 Å². The van der Waals surface area contributed by atoms with Gasteiger partial charge in [-0.3, -0.25) is 0 Å². The molecule has 1 unspecified atom stereocenters. The van der Waals surface area contributed by atoms with Crippen molar-refractivity contribution < 1.29 is 9.47 Å². The van der Waals surface area contributed by atoms with Crippen LogP contribution in [0.15, 0.2) is 18.2 Å². The van der Waals surface area contributed by atoms with Crippen molar-refractivity contribution in [2.75, 3.05) is 13.7 Å². The summed E-state index contributed by atoms with van der Waals surface area (Å²) in [5, 5.41) is 0. The zero-order valence-electron chi connectivity index (χ0n) is 13.3. The molecule has 114 valence electrons. The Balaban J connectivity index is 2.68. The number of benzene rings is 1. The Bertz CT molecular complexity index is 391. The molecule has 0 saturated carbocycles. The average Bonchev–Trinajstić information content (AvgIpc) is 2.44. The lowest BCUT2D eigenvalue weighted by molar-refractivity contribution is 0.292. The maximum Gasteiger partial charge on any atom is 0.126 e. The SMILES string of the molecule is CCC(N)Cc1ccc(OC)cc1OCCCC(C)C. The molecule has 0 heterocycles. The Hall–Kier alpha value is -1.22. The van der Waals surface area contributed by atoms with Crippen molar-refractivity contribution in [1.29, 1.82) is 0 Å². The van der Waals surface area contributed by atoms with E-state index in [0.717, 1.165) is 43.3 Å². The molecule has 0 saturated heterocycles. The Kier molecular flexibility index (Phi) is 7.45. The summed E-state index contributed by atoms with van der Waals surface area (Å²) in [5.74, 6) is 2.46. The zero-order chi connectivity index (χ0) is 15.0. The molecule has 1 atom stereocenters. The predicted octanol–water partition coefficient (Wildman–Crippen LogP) is 3.79. The Morgan fingerprint density at radius 3 is 2.60 bits per heavy atom. The highest BCUT2D eigenvalue weighted by Gasteiger charge is 2.09. The van der Waals surface area contributed by atoms with Crippen molar-refractivity contribution in [2.45, 2.75) is 52.5 Å². The molecule has 20 heavy (non-hydrogen) atoms. The van der Waals surface area contributed by atoms with Crippen LogP contribution in [0.1, 0.15) is 45.6 Å². The molecule has 3 heteroatoms. The van der Waals surface area contributed by atoms with Gasteiger partial charge in [-0.2, -0.15) is 0 Å². The van der Waals surface area contributed by atoms with Crippen LogP contribution in [-0.4, -0.2) is 19.8 Å². The van der Waals surface area contributed by atoms with E-state index >= 15 is 0 Å². The second kappa shape index (κ2) is 8.85. The molecule has 0 aliphatic heterocycles. The van der Waals surface area contributed by atoms with Gasteiger partial charge < -0.3 is 15.2 Å². The van der Waals surface area contributed by atoms with Gasteiger partial charge >= 0.3 is 0 Å². The van der Waals surface area contributed by atoms with Gasteiger partial charge in [-0.1, -0.05) is 26.8 Å². The smallest absolute Gasteiger partial charge is 0.126 e. The standard InChI is InChI=1S/C17H29NO2/c1-5-15(18)11-14-8-9-16(19-4)12-17(14)20-10-6-7-13(2)3/h8-9,12-13,15H,5-7,10-11,18H2,1-4H3. The fraction of sp³-hybridized carbons (Fsp3) is 0.647.